The van der Waals surface area contributed by atoms with Crippen LogP contribution >= 0.6 is 11.6 Å². The predicted octanol–water partition coefficient (Wildman–Crippen LogP) is 4.80. The van der Waals surface area contributed by atoms with Gasteiger partial charge in [-0.05, 0) is 60.7 Å². The number of rotatable bonds is 6. The summed E-state index contributed by atoms with van der Waals surface area (Å²) in [6, 6.07) is 19.9. The minimum atomic E-state index is -1.09. The number of nitrogens with zero attached hydrogens (tertiary/aromatic N) is 1. The summed E-state index contributed by atoms with van der Waals surface area (Å²) in [5.41, 5.74) is 0.792. The van der Waals surface area contributed by atoms with Gasteiger partial charge in [0.1, 0.15) is 17.4 Å². The van der Waals surface area contributed by atoms with Crippen molar-refractivity contribution >= 4 is 41.2 Å². The third kappa shape index (κ3) is 5.59. The predicted molar refractivity (Wildman–Crippen MR) is 118 cm³/mol. The second-order valence-electron chi connectivity index (χ2n) is 6.44. The van der Waals surface area contributed by atoms with Gasteiger partial charge in [-0.1, -0.05) is 29.8 Å². The summed E-state index contributed by atoms with van der Waals surface area (Å²) in [4.78, 5) is 35.9. The Morgan fingerprint density at radius 3 is 2.19 bits per heavy atom. The number of esters is 1. The molecule has 0 saturated heterocycles. The molecule has 0 aliphatic carbocycles. The van der Waals surface area contributed by atoms with Crippen molar-refractivity contribution in [1.29, 1.82) is 5.26 Å². The lowest BCUT2D eigenvalue weighted by molar-refractivity contribution is -0.112. The largest absolute Gasteiger partial charge is 0.478 e. The Morgan fingerprint density at radius 2 is 1.56 bits per heavy atom. The third-order valence-corrected chi connectivity index (χ3v) is 4.51. The molecule has 3 aromatic rings. The standard InChI is InChI=1S/C24H15ClN2O5/c25-19-9-5-16(6-10-19)24(31)32-21-4-2-1-3-17(21)13-18(14-26)22(28)27-20-11-7-15(8-12-20)23(29)30/h1-13H,(H,27,28)(H,29,30)/b18-13+. The number of halogens is 1. The summed E-state index contributed by atoms with van der Waals surface area (Å²) < 4.78 is 5.43. The van der Waals surface area contributed by atoms with Crippen LogP contribution in [0.2, 0.25) is 5.02 Å². The van der Waals surface area contributed by atoms with Gasteiger partial charge in [0.2, 0.25) is 0 Å². The SMILES string of the molecule is N#C/C(=C\c1ccccc1OC(=O)c1ccc(Cl)cc1)C(=O)Nc1ccc(C(=O)O)cc1. The van der Waals surface area contributed by atoms with Crippen LogP contribution in [0.4, 0.5) is 5.69 Å². The van der Waals surface area contributed by atoms with Gasteiger partial charge in [0.15, 0.2) is 0 Å². The molecule has 0 aliphatic rings. The Labute approximate surface area is 188 Å². The van der Waals surface area contributed by atoms with Crippen molar-refractivity contribution in [3.8, 4) is 11.8 Å². The van der Waals surface area contributed by atoms with Crippen LogP contribution in [0.5, 0.6) is 5.75 Å². The Balaban J connectivity index is 1.80. The van der Waals surface area contributed by atoms with Crippen molar-refractivity contribution in [2.45, 2.75) is 0 Å². The molecule has 0 unspecified atom stereocenters. The normalized spacial score (nSPS) is 10.7. The van der Waals surface area contributed by atoms with Gasteiger partial charge in [0.05, 0.1) is 11.1 Å². The van der Waals surface area contributed by atoms with E-state index in [-0.39, 0.29) is 22.4 Å². The van der Waals surface area contributed by atoms with E-state index in [1.807, 2.05) is 6.07 Å². The highest BCUT2D eigenvalue weighted by Crippen LogP contribution is 2.23. The first kappa shape index (κ1) is 22.3. The molecule has 7 nitrogen and oxygen atoms in total. The smallest absolute Gasteiger partial charge is 0.343 e. The number of amides is 1. The van der Waals surface area contributed by atoms with E-state index in [0.29, 0.717) is 16.3 Å². The zero-order valence-corrected chi connectivity index (χ0v) is 17.2. The summed E-state index contributed by atoms with van der Waals surface area (Å²) in [7, 11) is 0. The lowest BCUT2D eigenvalue weighted by Crippen LogP contribution is -2.14. The van der Waals surface area contributed by atoms with Crippen LogP contribution in [0.3, 0.4) is 0 Å². The molecule has 0 fully saturated rings. The molecule has 0 bridgehead atoms. The highest BCUT2D eigenvalue weighted by molar-refractivity contribution is 6.30. The third-order valence-electron chi connectivity index (χ3n) is 4.26. The van der Waals surface area contributed by atoms with E-state index in [1.54, 1.807) is 30.3 Å². The zero-order valence-electron chi connectivity index (χ0n) is 16.4. The van der Waals surface area contributed by atoms with E-state index >= 15 is 0 Å². The molecule has 1 amide bonds. The molecule has 0 radical (unpaired) electrons. The molecule has 2 N–H and O–H groups in total. The summed E-state index contributed by atoms with van der Waals surface area (Å²) in [5, 5.41) is 21.4. The van der Waals surface area contributed by atoms with E-state index in [2.05, 4.69) is 5.32 Å². The van der Waals surface area contributed by atoms with Crippen LogP contribution in [0, 0.1) is 11.3 Å². The first-order valence-electron chi connectivity index (χ1n) is 9.20. The van der Waals surface area contributed by atoms with E-state index in [4.69, 9.17) is 21.4 Å². The van der Waals surface area contributed by atoms with E-state index in [1.165, 1.54) is 48.5 Å². The summed E-state index contributed by atoms with van der Waals surface area (Å²) >= 11 is 5.83. The van der Waals surface area contributed by atoms with Crippen molar-refractivity contribution in [3.05, 3.63) is 100 Å². The van der Waals surface area contributed by atoms with Crippen molar-refractivity contribution in [2.24, 2.45) is 0 Å². The van der Waals surface area contributed by atoms with Gasteiger partial charge in [0.25, 0.3) is 5.91 Å². The number of hydrogen-bond acceptors (Lipinski definition) is 5. The maximum absolute atomic E-state index is 12.5. The molecule has 0 aromatic heterocycles. The number of ether oxygens (including phenoxy) is 1. The number of nitriles is 1. The van der Waals surface area contributed by atoms with E-state index < -0.39 is 17.8 Å². The number of aromatic carboxylic acids is 1. The van der Waals surface area contributed by atoms with Gasteiger partial charge >= 0.3 is 11.9 Å². The molecular weight excluding hydrogens is 432 g/mol. The van der Waals surface area contributed by atoms with Crippen LogP contribution in [-0.2, 0) is 4.79 Å². The topological polar surface area (TPSA) is 116 Å². The minimum absolute atomic E-state index is 0.0653. The number of hydrogen-bond donors (Lipinski definition) is 2. The average molecular weight is 447 g/mol. The highest BCUT2D eigenvalue weighted by Gasteiger charge is 2.14. The molecule has 0 saturated carbocycles. The molecule has 158 valence electrons. The van der Waals surface area contributed by atoms with Crippen molar-refractivity contribution < 1.29 is 24.2 Å². The van der Waals surface area contributed by atoms with Gasteiger partial charge in [0, 0.05) is 16.3 Å². The van der Waals surface area contributed by atoms with E-state index in [9.17, 15) is 19.6 Å². The molecule has 0 aliphatic heterocycles. The zero-order chi connectivity index (χ0) is 23.1. The molecule has 0 atom stereocenters. The monoisotopic (exact) mass is 446 g/mol. The molecule has 3 rings (SSSR count). The van der Waals surface area contributed by atoms with Crippen LogP contribution < -0.4 is 10.1 Å². The lowest BCUT2D eigenvalue weighted by atomic mass is 10.1. The summed E-state index contributed by atoms with van der Waals surface area (Å²) in [6.45, 7) is 0. The molecule has 0 heterocycles. The fourth-order valence-electron chi connectivity index (χ4n) is 2.64. The fraction of sp³-hybridized carbons (Fsp3) is 0. The molecule has 8 heteroatoms. The number of carboxylic acids is 1. The van der Waals surface area contributed by atoms with Crippen molar-refractivity contribution in [3.63, 3.8) is 0 Å². The van der Waals surface area contributed by atoms with Crippen LogP contribution in [0.25, 0.3) is 6.08 Å². The maximum Gasteiger partial charge on any atom is 0.343 e. The number of benzene rings is 3. The van der Waals surface area contributed by atoms with Gasteiger partial charge < -0.3 is 15.2 Å². The number of anilines is 1. The minimum Gasteiger partial charge on any atom is -0.478 e. The van der Waals surface area contributed by atoms with Crippen LogP contribution in [-0.4, -0.2) is 23.0 Å². The van der Waals surface area contributed by atoms with Crippen LogP contribution in [0.15, 0.2) is 78.4 Å². The van der Waals surface area contributed by atoms with Crippen molar-refractivity contribution in [2.75, 3.05) is 5.32 Å². The molecule has 3 aromatic carbocycles. The Hall–Kier alpha value is -4.41. The fourth-order valence-corrected chi connectivity index (χ4v) is 2.76. The second-order valence-corrected chi connectivity index (χ2v) is 6.88. The van der Waals surface area contributed by atoms with Gasteiger partial charge in [-0.25, -0.2) is 9.59 Å². The second kappa shape index (κ2) is 10.1. The first-order valence-corrected chi connectivity index (χ1v) is 9.58. The number of para-hydroxylation sites is 1. The average Bonchev–Trinajstić information content (AvgIpc) is 2.79. The molecule has 32 heavy (non-hydrogen) atoms. The lowest BCUT2D eigenvalue weighted by Gasteiger charge is -2.09. The number of nitrogens with one attached hydrogen (secondary N) is 1. The number of carbonyl (C=O) groups excluding carboxylic acids is 2. The van der Waals surface area contributed by atoms with Gasteiger partial charge in [-0.3, -0.25) is 4.79 Å². The summed E-state index contributed by atoms with van der Waals surface area (Å²) in [6.07, 6.45) is 1.30. The quantitative estimate of drug-likeness (QED) is 0.243. The van der Waals surface area contributed by atoms with E-state index in [0.717, 1.165) is 0 Å². The Morgan fingerprint density at radius 1 is 0.938 bits per heavy atom. The Kier molecular flexibility index (Phi) is 7.01. The number of carbonyl (C=O) groups is 3. The van der Waals surface area contributed by atoms with Crippen LogP contribution in [0.1, 0.15) is 26.3 Å². The maximum atomic E-state index is 12.5. The summed E-state index contributed by atoms with van der Waals surface area (Å²) in [5.74, 6) is -2.25. The number of carboxylic acid groups (broad SMARTS) is 1. The molecule has 0 spiro atoms. The molecular formula is C24H15ClN2O5. The van der Waals surface area contributed by atoms with Gasteiger partial charge in [-0.2, -0.15) is 5.26 Å². The van der Waals surface area contributed by atoms with Gasteiger partial charge in [-0.15, -0.1) is 0 Å². The highest BCUT2D eigenvalue weighted by atomic mass is 35.5. The first-order chi connectivity index (χ1) is 15.4. The van der Waals surface area contributed by atoms with Crippen molar-refractivity contribution in [1.82, 2.24) is 0 Å². The Bertz CT molecular complexity index is 1240.